The summed E-state index contributed by atoms with van der Waals surface area (Å²) in [5.41, 5.74) is 1.07. The van der Waals surface area contributed by atoms with E-state index in [0.717, 1.165) is 28.0 Å². The van der Waals surface area contributed by atoms with Crippen molar-refractivity contribution in [2.45, 2.75) is 11.2 Å². The Morgan fingerprint density at radius 2 is 2.14 bits per heavy atom. The molecule has 2 aromatic rings. The van der Waals surface area contributed by atoms with Crippen molar-refractivity contribution in [1.29, 1.82) is 0 Å². The summed E-state index contributed by atoms with van der Waals surface area (Å²) >= 11 is 1.59. The van der Waals surface area contributed by atoms with Gasteiger partial charge in [-0.15, -0.1) is 5.10 Å². The number of hydrogen-bond acceptors (Lipinski definition) is 7. The van der Waals surface area contributed by atoms with Crippen LogP contribution in [0.25, 0.3) is 0 Å². The third-order valence-corrected chi connectivity index (χ3v) is 4.23. The molecule has 0 aliphatic heterocycles. The molecule has 0 amide bonds. The predicted octanol–water partition coefficient (Wildman–Crippen LogP) is 1.28. The van der Waals surface area contributed by atoms with Gasteiger partial charge < -0.3 is 14.8 Å². The van der Waals surface area contributed by atoms with Crippen LogP contribution in [0.5, 0.6) is 11.5 Å². The van der Waals surface area contributed by atoms with Gasteiger partial charge in [-0.2, -0.15) is 0 Å². The molecular formula is C13H19N5O2S. The second-order valence-electron chi connectivity index (χ2n) is 4.35. The van der Waals surface area contributed by atoms with Gasteiger partial charge in [0.25, 0.3) is 0 Å². The van der Waals surface area contributed by atoms with Gasteiger partial charge in [-0.3, -0.25) is 0 Å². The molecule has 0 saturated carbocycles. The number of hydrogen-bond donors (Lipinski definition) is 1. The lowest BCUT2D eigenvalue weighted by molar-refractivity contribution is 0.387. The summed E-state index contributed by atoms with van der Waals surface area (Å²) in [6.07, 6.45) is 0. The molecule has 1 N–H and O–H groups in total. The minimum Gasteiger partial charge on any atom is -0.497 e. The van der Waals surface area contributed by atoms with E-state index in [4.69, 9.17) is 9.47 Å². The Balaban J connectivity index is 2.15. The Labute approximate surface area is 128 Å². The van der Waals surface area contributed by atoms with Gasteiger partial charge in [0.1, 0.15) is 11.5 Å². The number of aromatic nitrogens is 4. The highest BCUT2D eigenvalue weighted by molar-refractivity contribution is 7.99. The molecule has 114 valence electrons. The van der Waals surface area contributed by atoms with Gasteiger partial charge in [0, 0.05) is 30.5 Å². The maximum absolute atomic E-state index is 5.46. The number of aryl methyl sites for hydroxylation is 1. The van der Waals surface area contributed by atoms with Gasteiger partial charge >= 0.3 is 0 Å². The van der Waals surface area contributed by atoms with Crippen LogP contribution in [0.2, 0.25) is 0 Å². The number of nitrogens with zero attached hydrogens (tertiary/aromatic N) is 4. The second-order valence-corrected chi connectivity index (χ2v) is 5.33. The van der Waals surface area contributed by atoms with Crippen LogP contribution in [-0.2, 0) is 7.05 Å². The van der Waals surface area contributed by atoms with Crippen LogP contribution in [0.15, 0.2) is 23.4 Å². The maximum Gasteiger partial charge on any atom is 0.209 e. The number of tetrazole rings is 1. The lowest BCUT2D eigenvalue weighted by atomic mass is 10.1. The Morgan fingerprint density at radius 3 is 2.71 bits per heavy atom. The third-order valence-electron chi connectivity index (χ3n) is 3.12. The average Bonchev–Trinajstić information content (AvgIpc) is 2.93. The molecule has 0 radical (unpaired) electrons. The Kier molecular flexibility index (Phi) is 5.40. The molecule has 0 fully saturated rings. The van der Waals surface area contributed by atoms with Gasteiger partial charge in [-0.05, 0) is 23.5 Å². The van der Waals surface area contributed by atoms with E-state index in [1.807, 2.05) is 32.3 Å². The first-order chi connectivity index (χ1) is 10.2. The lowest BCUT2D eigenvalue weighted by Crippen LogP contribution is -2.19. The van der Waals surface area contributed by atoms with Crippen LogP contribution in [0.4, 0.5) is 0 Å². The number of rotatable bonds is 7. The van der Waals surface area contributed by atoms with Crippen LogP contribution in [0.1, 0.15) is 11.6 Å². The summed E-state index contributed by atoms with van der Waals surface area (Å²) in [7, 11) is 7.04. The van der Waals surface area contributed by atoms with Gasteiger partial charge in [0.2, 0.25) is 5.16 Å². The highest BCUT2D eigenvalue weighted by Gasteiger charge is 2.17. The fraction of sp³-hybridized carbons (Fsp3) is 0.462. The molecule has 1 unspecified atom stereocenters. The largest absolute Gasteiger partial charge is 0.497 e. The lowest BCUT2D eigenvalue weighted by Gasteiger charge is -2.19. The molecule has 2 rings (SSSR count). The zero-order valence-electron chi connectivity index (χ0n) is 12.5. The van der Waals surface area contributed by atoms with Gasteiger partial charge in [-0.1, -0.05) is 17.8 Å². The van der Waals surface area contributed by atoms with E-state index in [0.29, 0.717) is 0 Å². The van der Waals surface area contributed by atoms with E-state index in [9.17, 15) is 0 Å². The van der Waals surface area contributed by atoms with E-state index in [2.05, 4.69) is 20.8 Å². The molecule has 1 atom stereocenters. The smallest absolute Gasteiger partial charge is 0.209 e. The summed E-state index contributed by atoms with van der Waals surface area (Å²) in [5.74, 6) is 2.36. The maximum atomic E-state index is 5.46. The molecular weight excluding hydrogens is 290 g/mol. The van der Waals surface area contributed by atoms with E-state index in [1.54, 1.807) is 30.7 Å². The molecule has 0 aliphatic carbocycles. The van der Waals surface area contributed by atoms with E-state index >= 15 is 0 Å². The number of nitrogens with one attached hydrogen (secondary N) is 1. The summed E-state index contributed by atoms with van der Waals surface area (Å²) in [6, 6.07) is 5.94. The highest BCUT2D eigenvalue weighted by atomic mass is 32.2. The molecule has 0 saturated heterocycles. The molecule has 0 spiro atoms. The zero-order valence-corrected chi connectivity index (χ0v) is 13.3. The Hall–Kier alpha value is -1.80. The van der Waals surface area contributed by atoms with Gasteiger partial charge in [0.05, 0.1) is 14.2 Å². The summed E-state index contributed by atoms with van der Waals surface area (Å²) < 4.78 is 12.3. The van der Waals surface area contributed by atoms with Crippen LogP contribution >= 0.6 is 11.8 Å². The third kappa shape index (κ3) is 3.64. The summed E-state index contributed by atoms with van der Waals surface area (Å²) in [4.78, 5) is 0. The molecule has 0 aliphatic rings. The SMILES string of the molecule is CNC(CSc1nnnn1C)c1ccc(OC)cc1OC. The predicted molar refractivity (Wildman–Crippen MR) is 80.9 cm³/mol. The molecule has 0 bridgehead atoms. The van der Waals surface area contributed by atoms with Gasteiger partial charge in [-0.25, -0.2) is 4.68 Å². The average molecular weight is 309 g/mol. The second kappa shape index (κ2) is 7.28. The fourth-order valence-electron chi connectivity index (χ4n) is 1.94. The van der Waals surface area contributed by atoms with Crippen LogP contribution in [0.3, 0.4) is 0 Å². The van der Waals surface area contributed by atoms with Gasteiger partial charge in [0.15, 0.2) is 0 Å². The van der Waals surface area contributed by atoms with Crippen molar-refractivity contribution >= 4 is 11.8 Å². The first-order valence-corrected chi connectivity index (χ1v) is 7.42. The van der Waals surface area contributed by atoms with Crippen molar-refractivity contribution in [2.75, 3.05) is 27.0 Å². The molecule has 1 aromatic heterocycles. The van der Waals surface area contributed by atoms with Crippen molar-refractivity contribution in [1.82, 2.24) is 25.5 Å². The topological polar surface area (TPSA) is 74.1 Å². The molecule has 21 heavy (non-hydrogen) atoms. The van der Waals surface area contributed by atoms with Crippen molar-refractivity contribution in [3.05, 3.63) is 23.8 Å². The first-order valence-electron chi connectivity index (χ1n) is 6.44. The first kappa shape index (κ1) is 15.6. The van der Waals surface area contributed by atoms with E-state index < -0.39 is 0 Å². The van der Waals surface area contributed by atoms with Crippen LogP contribution in [-0.4, -0.2) is 47.2 Å². The minimum atomic E-state index is 0.118. The standard InChI is InChI=1S/C13H19N5O2S/c1-14-11(8-21-13-15-16-17-18(13)2)10-6-5-9(19-3)7-12(10)20-4/h5-7,11,14H,8H2,1-4H3. The molecule has 8 heteroatoms. The van der Waals surface area contributed by atoms with E-state index in [1.165, 1.54) is 0 Å². The Bertz CT molecular complexity index is 590. The minimum absolute atomic E-state index is 0.118. The normalized spacial score (nSPS) is 12.2. The highest BCUT2D eigenvalue weighted by Crippen LogP contribution is 2.32. The number of ether oxygens (including phenoxy) is 2. The van der Waals surface area contributed by atoms with Crippen molar-refractivity contribution < 1.29 is 9.47 Å². The summed E-state index contributed by atoms with van der Waals surface area (Å²) in [6.45, 7) is 0. The summed E-state index contributed by atoms with van der Waals surface area (Å²) in [5, 5.41) is 15.5. The van der Waals surface area contributed by atoms with Crippen molar-refractivity contribution in [2.24, 2.45) is 7.05 Å². The van der Waals surface area contributed by atoms with Crippen molar-refractivity contribution in [3.8, 4) is 11.5 Å². The molecule has 1 heterocycles. The quantitative estimate of drug-likeness (QED) is 0.772. The number of thioether (sulfide) groups is 1. The van der Waals surface area contributed by atoms with Crippen LogP contribution in [0, 0.1) is 0 Å². The van der Waals surface area contributed by atoms with Crippen molar-refractivity contribution in [3.63, 3.8) is 0 Å². The number of benzene rings is 1. The molecule has 1 aromatic carbocycles. The molecule has 7 nitrogen and oxygen atoms in total. The van der Waals surface area contributed by atoms with Crippen LogP contribution < -0.4 is 14.8 Å². The fourth-order valence-corrected chi connectivity index (χ4v) is 2.92. The van der Waals surface area contributed by atoms with E-state index in [-0.39, 0.29) is 6.04 Å². The number of methoxy groups -OCH3 is 2. The monoisotopic (exact) mass is 309 g/mol. The zero-order chi connectivity index (χ0) is 15.2. The Morgan fingerprint density at radius 1 is 1.33 bits per heavy atom.